The number of rotatable bonds is 7. The van der Waals surface area contributed by atoms with Crippen molar-refractivity contribution in [2.75, 3.05) is 26.2 Å². The summed E-state index contributed by atoms with van der Waals surface area (Å²) in [5.41, 5.74) is 7.03. The van der Waals surface area contributed by atoms with Crippen LogP contribution in [0.15, 0.2) is 29.3 Å². The molecule has 1 aromatic rings. The molecule has 0 radical (unpaired) electrons. The maximum atomic E-state index is 8.53. The third-order valence-corrected chi connectivity index (χ3v) is 4.03. The van der Waals surface area contributed by atoms with E-state index >= 15 is 0 Å². The summed E-state index contributed by atoms with van der Waals surface area (Å²) < 4.78 is 6.00. The van der Waals surface area contributed by atoms with Gasteiger partial charge in [0.15, 0.2) is 0 Å². The molecule has 1 aromatic carbocycles. The van der Waals surface area contributed by atoms with Gasteiger partial charge in [-0.15, -0.1) is 4.99 Å². The maximum Gasteiger partial charge on any atom is 0.209 e. The van der Waals surface area contributed by atoms with E-state index in [2.05, 4.69) is 22.4 Å². The van der Waals surface area contributed by atoms with Gasteiger partial charge in [0.25, 0.3) is 0 Å². The lowest BCUT2D eigenvalue weighted by Gasteiger charge is -2.26. The predicted molar refractivity (Wildman–Crippen MR) is 91.1 cm³/mol. The number of hydrogen-bond donors (Lipinski definition) is 2. The highest BCUT2D eigenvalue weighted by Crippen LogP contribution is 2.26. The van der Waals surface area contributed by atoms with Gasteiger partial charge in [0.05, 0.1) is 0 Å². The van der Waals surface area contributed by atoms with Crippen LogP contribution in [0.25, 0.3) is 0 Å². The molecule has 1 unspecified atom stereocenters. The molecule has 0 spiro atoms. The van der Waals surface area contributed by atoms with Gasteiger partial charge in [-0.05, 0) is 44.4 Å². The summed E-state index contributed by atoms with van der Waals surface area (Å²) in [5, 5.41) is 12.0. The van der Waals surface area contributed by atoms with Crippen LogP contribution < -0.4 is 15.8 Å². The molecule has 0 aromatic heterocycles. The van der Waals surface area contributed by atoms with Crippen LogP contribution >= 0.6 is 0 Å². The van der Waals surface area contributed by atoms with Gasteiger partial charge in [0.2, 0.25) is 12.2 Å². The maximum absolute atomic E-state index is 8.53. The number of nitriles is 1. The molecule has 0 bridgehead atoms. The number of aryl methyl sites for hydroxylation is 1. The quantitative estimate of drug-likeness (QED) is 0.344. The van der Waals surface area contributed by atoms with Crippen molar-refractivity contribution in [1.29, 1.82) is 5.26 Å². The minimum atomic E-state index is 0.234. The summed E-state index contributed by atoms with van der Waals surface area (Å²) in [4.78, 5) is 5.48. The van der Waals surface area contributed by atoms with Gasteiger partial charge in [0, 0.05) is 19.6 Å². The molecule has 23 heavy (non-hydrogen) atoms. The zero-order valence-electron chi connectivity index (χ0n) is 13.7. The molecule has 124 valence electrons. The summed E-state index contributed by atoms with van der Waals surface area (Å²) in [7, 11) is 0. The lowest BCUT2D eigenvalue weighted by Crippen LogP contribution is -2.39. The second-order valence-corrected chi connectivity index (χ2v) is 5.59. The average Bonchev–Trinajstić information content (AvgIpc) is 2.58. The zero-order chi connectivity index (χ0) is 16.5. The Bertz CT molecular complexity index is 566. The summed E-state index contributed by atoms with van der Waals surface area (Å²) in [6.45, 7) is 5.27. The van der Waals surface area contributed by atoms with Gasteiger partial charge in [-0.25, -0.2) is 0 Å². The van der Waals surface area contributed by atoms with E-state index in [4.69, 9.17) is 15.7 Å². The van der Waals surface area contributed by atoms with Crippen molar-refractivity contribution in [3.05, 3.63) is 29.8 Å². The molecule has 0 aliphatic carbocycles. The van der Waals surface area contributed by atoms with Crippen LogP contribution in [-0.4, -0.2) is 43.1 Å². The summed E-state index contributed by atoms with van der Waals surface area (Å²) >= 11 is 0. The molecule has 1 aliphatic heterocycles. The highest BCUT2D eigenvalue weighted by molar-refractivity contribution is 5.78. The van der Waals surface area contributed by atoms with Gasteiger partial charge in [-0.2, -0.15) is 5.26 Å². The summed E-state index contributed by atoms with van der Waals surface area (Å²) in [6.07, 6.45) is 5.03. The first kappa shape index (κ1) is 17.1. The number of nitrogens with two attached hydrogens (primary N) is 1. The number of fused-ring (bicyclic) bond motifs is 1. The molecular formula is C17H25N5O. The first-order chi connectivity index (χ1) is 11.2. The normalized spacial score (nSPS) is 17.0. The van der Waals surface area contributed by atoms with Crippen molar-refractivity contribution in [2.45, 2.75) is 32.3 Å². The van der Waals surface area contributed by atoms with E-state index in [1.165, 1.54) is 5.56 Å². The Hall–Kier alpha value is -2.26. The Morgan fingerprint density at radius 3 is 3.13 bits per heavy atom. The average molecular weight is 315 g/mol. The first-order valence-electron chi connectivity index (χ1n) is 8.17. The highest BCUT2D eigenvalue weighted by atomic mass is 16.5. The zero-order valence-corrected chi connectivity index (χ0v) is 13.7. The van der Waals surface area contributed by atoms with Crippen molar-refractivity contribution in [2.24, 2.45) is 10.7 Å². The summed E-state index contributed by atoms with van der Waals surface area (Å²) in [6, 6.07) is 8.24. The molecule has 6 heteroatoms. The van der Waals surface area contributed by atoms with Crippen molar-refractivity contribution < 1.29 is 4.74 Å². The van der Waals surface area contributed by atoms with Crippen molar-refractivity contribution in [1.82, 2.24) is 10.2 Å². The van der Waals surface area contributed by atoms with Crippen LogP contribution in [-0.2, 0) is 6.42 Å². The molecule has 1 heterocycles. The number of hydrogen-bond acceptors (Lipinski definition) is 4. The Labute approximate surface area is 137 Å². The van der Waals surface area contributed by atoms with Crippen LogP contribution in [0, 0.1) is 11.5 Å². The van der Waals surface area contributed by atoms with E-state index < -0.39 is 0 Å². The van der Waals surface area contributed by atoms with Gasteiger partial charge in [-0.1, -0.05) is 18.2 Å². The second kappa shape index (κ2) is 9.01. The molecule has 0 amide bonds. The van der Waals surface area contributed by atoms with Gasteiger partial charge in [-0.3, -0.25) is 0 Å². The van der Waals surface area contributed by atoms with E-state index in [0.29, 0.717) is 5.96 Å². The van der Waals surface area contributed by atoms with Gasteiger partial charge in [0.1, 0.15) is 11.9 Å². The lowest BCUT2D eigenvalue weighted by atomic mass is 10.0. The van der Waals surface area contributed by atoms with E-state index in [1.807, 2.05) is 24.0 Å². The van der Waals surface area contributed by atoms with Crippen LogP contribution in [0.4, 0.5) is 0 Å². The van der Waals surface area contributed by atoms with Crippen LogP contribution in [0.3, 0.4) is 0 Å². The van der Waals surface area contributed by atoms with E-state index in [-0.39, 0.29) is 6.10 Å². The molecule has 1 atom stereocenters. The lowest BCUT2D eigenvalue weighted by molar-refractivity contribution is 0.170. The fraction of sp³-hybridized carbons (Fsp3) is 0.529. The fourth-order valence-electron chi connectivity index (χ4n) is 2.74. The number of guanidine groups is 1. The molecule has 0 saturated carbocycles. The number of para-hydroxylation sites is 1. The van der Waals surface area contributed by atoms with Crippen LogP contribution in [0.5, 0.6) is 5.75 Å². The number of benzene rings is 1. The third kappa shape index (κ3) is 5.15. The SMILES string of the molecule is CCN(CCCNCC1CCc2ccccc2O1)C(N)=NC#N. The van der Waals surface area contributed by atoms with E-state index in [1.54, 1.807) is 6.19 Å². The number of aliphatic imine (C=N–C) groups is 1. The number of nitrogens with one attached hydrogen (secondary N) is 1. The standard InChI is InChI=1S/C17H25N5O/c1-2-22(17(19)21-13-18)11-5-10-20-12-15-9-8-14-6-3-4-7-16(14)23-15/h3-4,6-7,15,20H,2,5,8-12H2,1H3,(H2,19,21). The minimum Gasteiger partial charge on any atom is -0.489 e. The topological polar surface area (TPSA) is 86.7 Å². The van der Waals surface area contributed by atoms with Gasteiger partial charge < -0.3 is 20.7 Å². The second-order valence-electron chi connectivity index (χ2n) is 5.59. The molecule has 1 aliphatic rings. The molecular weight excluding hydrogens is 290 g/mol. The van der Waals surface area contributed by atoms with Gasteiger partial charge >= 0.3 is 0 Å². The smallest absolute Gasteiger partial charge is 0.209 e. The Kier molecular flexibility index (Phi) is 6.70. The monoisotopic (exact) mass is 315 g/mol. The van der Waals surface area contributed by atoms with Crippen molar-refractivity contribution >= 4 is 5.96 Å². The van der Waals surface area contributed by atoms with E-state index in [0.717, 1.165) is 51.2 Å². The first-order valence-corrected chi connectivity index (χ1v) is 8.17. The summed E-state index contributed by atoms with van der Waals surface area (Å²) in [5.74, 6) is 1.31. The van der Waals surface area contributed by atoms with Crippen LogP contribution in [0.2, 0.25) is 0 Å². The molecule has 0 fully saturated rings. The largest absolute Gasteiger partial charge is 0.489 e. The Morgan fingerprint density at radius 1 is 1.52 bits per heavy atom. The fourth-order valence-corrected chi connectivity index (χ4v) is 2.74. The Morgan fingerprint density at radius 2 is 2.35 bits per heavy atom. The van der Waals surface area contributed by atoms with Crippen molar-refractivity contribution in [3.63, 3.8) is 0 Å². The third-order valence-electron chi connectivity index (χ3n) is 4.03. The molecule has 3 N–H and O–H groups in total. The molecule has 2 rings (SSSR count). The van der Waals surface area contributed by atoms with Crippen LogP contribution in [0.1, 0.15) is 25.3 Å². The number of ether oxygens (including phenoxy) is 1. The Balaban J connectivity index is 1.65. The van der Waals surface area contributed by atoms with Crippen molar-refractivity contribution in [3.8, 4) is 11.9 Å². The minimum absolute atomic E-state index is 0.234. The van der Waals surface area contributed by atoms with E-state index in [9.17, 15) is 0 Å². The predicted octanol–water partition coefficient (Wildman–Crippen LogP) is 1.48. The highest BCUT2D eigenvalue weighted by Gasteiger charge is 2.18. The molecule has 0 saturated heterocycles. The molecule has 6 nitrogen and oxygen atoms in total. The number of nitrogens with zero attached hydrogens (tertiary/aromatic N) is 3.